The highest BCUT2D eigenvalue weighted by Gasteiger charge is 2.19. The molecule has 0 aliphatic carbocycles. The Morgan fingerprint density at radius 1 is 1.21 bits per heavy atom. The lowest BCUT2D eigenvalue weighted by Crippen LogP contribution is -2.31. The Labute approximate surface area is 171 Å². The minimum atomic E-state index is 0.527. The lowest BCUT2D eigenvalue weighted by Gasteiger charge is -2.26. The first-order chi connectivity index (χ1) is 13.5. The molecular formula is C21H28ClN5O. The first-order valence-corrected chi connectivity index (χ1v) is 10.1. The molecule has 0 fully saturated rings. The number of aromatic nitrogens is 3. The van der Waals surface area contributed by atoms with Crippen molar-refractivity contribution in [2.24, 2.45) is 0 Å². The van der Waals surface area contributed by atoms with Crippen LogP contribution < -0.4 is 10.6 Å². The van der Waals surface area contributed by atoms with Crippen LogP contribution in [0.25, 0.3) is 16.9 Å². The number of nitrogens with zero attached hydrogens (tertiary/aromatic N) is 4. The maximum Gasteiger partial charge on any atom is 0.160 e. The predicted molar refractivity (Wildman–Crippen MR) is 116 cm³/mol. The Kier molecular flexibility index (Phi) is 6.42. The molecule has 28 heavy (non-hydrogen) atoms. The van der Waals surface area contributed by atoms with Crippen LogP contribution in [0.4, 0.5) is 11.6 Å². The van der Waals surface area contributed by atoms with E-state index in [0.29, 0.717) is 12.4 Å². The van der Waals surface area contributed by atoms with Crippen LogP contribution in [-0.4, -0.2) is 41.4 Å². The van der Waals surface area contributed by atoms with Gasteiger partial charge in [0, 0.05) is 42.4 Å². The maximum absolute atomic E-state index is 6.25. The molecule has 0 saturated carbocycles. The second-order valence-electron chi connectivity index (χ2n) is 6.88. The predicted octanol–water partition coefficient (Wildman–Crippen LogP) is 4.37. The summed E-state index contributed by atoms with van der Waals surface area (Å²) in [4.78, 5) is 6.84. The molecule has 0 saturated heterocycles. The lowest BCUT2D eigenvalue weighted by atomic mass is 10.0. The summed E-state index contributed by atoms with van der Waals surface area (Å²) in [5.74, 6) is 1.50. The topological polar surface area (TPSA) is 68.7 Å². The standard InChI is InChI=1S/C21H28ClN5O/c1-5-9-26(10-11-28-4)21-14(3)20(23)24-19-13-18(25-27(19)21)17-8-7-16(22)12-15(17)6-2/h7-8,12-13H,5-6,9-11H2,1-4H3,(H2,23,24). The Hall–Kier alpha value is -2.31. The van der Waals surface area contributed by atoms with Crippen molar-refractivity contribution in [1.82, 2.24) is 14.6 Å². The average Bonchev–Trinajstić information content (AvgIpc) is 3.09. The van der Waals surface area contributed by atoms with Crippen molar-refractivity contribution >= 4 is 28.9 Å². The van der Waals surface area contributed by atoms with Crippen LogP contribution in [-0.2, 0) is 11.2 Å². The first kappa shape index (κ1) is 20.4. The van der Waals surface area contributed by atoms with E-state index in [2.05, 4.69) is 23.7 Å². The third-order valence-corrected chi connectivity index (χ3v) is 5.16. The van der Waals surface area contributed by atoms with Gasteiger partial charge >= 0.3 is 0 Å². The minimum Gasteiger partial charge on any atom is -0.383 e. The van der Waals surface area contributed by atoms with Crippen LogP contribution in [0.2, 0.25) is 5.02 Å². The Balaban J connectivity index is 2.18. The van der Waals surface area contributed by atoms with Gasteiger partial charge in [-0.15, -0.1) is 0 Å². The van der Waals surface area contributed by atoms with Crippen molar-refractivity contribution in [1.29, 1.82) is 0 Å². The molecule has 0 aliphatic rings. The fraction of sp³-hybridized carbons (Fsp3) is 0.429. The molecule has 2 heterocycles. The van der Waals surface area contributed by atoms with Gasteiger partial charge in [-0.1, -0.05) is 31.5 Å². The zero-order chi connectivity index (χ0) is 20.3. The number of nitrogens with two attached hydrogens (primary N) is 1. The molecule has 3 aromatic rings. The molecule has 150 valence electrons. The number of halogens is 1. The average molecular weight is 402 g/mol. The van der Waals surface area contributed by atoms with Crippen LogP contribution in [0.1, 0.15) is 31.4 Å². The normalized spacial score (nSPS) is 11.3. The van der Waals surface area contributed by atoms with E-state index < -0.39 is 0 Å². The fourth-order valence-corrected chi connectivity index (χ4v) is 3.68. The Morgan fingerprint density at radius 3 is 2.68 bits per heavy atom. The highest BCUT2D eigenvalue weighted by atomic mass is 35.5. The number of aryl methyl sites for hydroxylation is 1. The van der Waals surface area contributed by atoms with Crippen LogP contribution >= 0.6 is 11.6 Å². The number of hydrogen-bond donors (Lipinski definition) is 1. The Bertz CT molecular complexity index is 969. The van der Waals surface area contributed by atoms with Crippen molar-refractivity contribution in [2.45, 2.75) is 33.6 Å². The second kappa shape index (κ2) is 8.80. The fourth-order valence-electron chi connectivity index (χ4n) is 3.49. The highest BCUT2D eigenvalue weighted by molar-refractivity contribution is 6.30. The van der Waals surface area contributed by atoms with E-state index in [9.17, 15) is 0 Å². The van der Waals surface area contributed by atoms with Crippen molar-refractivity contribution in [3.63, 3.8) is 0 Å². The molecule has 0 atom stereocenters. The van der Waals surface area contributed by atoms with Crippen LogP contribution in [0.5, 0.6) is 0 Å². The monoisotopic (exact) mass is 401 g/mol. The zero-order valence-corrected chi connectivity index (χ0v) is 17.8. The van der Waals surface area contributed by atoms with Crippen molar-refractivity contribution in [3.8, 4) is 11.3 Å². The summed E-state index contributed by atoms with van der Waals surface area (Å²) in [5, 5.41) is 5.64. The molecular weight excluding hydrogens is 374 g/mol. The molecule has 6 nitrogen and oxygen atoms in total. The third kappa shape index (κ3) is 3.93. The van der Waals surface area contributed by atoms with E-state index in [1.54, 1.807) is 7.11 Å². The largest absolute Gasteiger partial charge is 0.383 e. The van der Waals surface area contributed by atoms with E-state index in [0.717, 1.165) is 64.8 Å². The molecule has 0 spiro atoms. The molecule has 0 radical (unpaired) electrons. The Morgan fingerprint density at radius 2 is 2.00 bits per heavy atom. The molecule has 0 amide bonds. The third-order valence-electron chi connectivity index (χ3n) is 4.93. The molecule has 0 unspecified atom stereocenters. The van der Waals surface area contributed by atoms with Crippen molar-refractivity contribution in [2.75, 3.05) is 37.4 Å². The number of nitrogen functional groups attached to an aromatic ring is 1. The summed E-state index contributed by atoms with van der Waals surface area (Å²) in [6.07, 6.45) is 1.89. The number of benzene rings is 1. The first-order valence-electron chi connectivity index (χ1n) is 9.68. The summed E-state index contributed by atoms with van der Waals surface area (Å²) in [6.45, 7) is 8.55. The number of fused-ring (bicyclic) bond motifs is 1. The van der Waals surface area contributed by atoms with Gasteiger partial charge < -0.3 is 15.4 Å². The van der Waals surface area contributed by atoms with Gasteiger partial charge in [-0.05, 0) is 37.5 Å². The van der Waals surface area contributed by atoms with Crippen LogP contribution in [0.15, 0.2) is 24.3 Å². The van der Waals surface area contributed by atoms with E-state index in [-0.39, 0.29) is 0 Å². The van der Waals surface area contributed by atoms with E-state index in [1.807, 2.05) is 35.7 Å². The molecule has 0 aliphatic heterocycles. The van der Waals surface area contributed by atoms with Gasteiger partial charge in [0.05, 0.1) is 12.3 Å². The van der Waals surface area contributed by atoms with Gasteiger partial charge in [0.25, 0.3) is 0 Å². The minimum absolute atomic E-state index is 0.527. The number of ether oxygens (including phenoxy) is 1. The number of anilines is 2. The number of hydrogen-bond acceptors (Lipinski definition) is 5. The molecule has 0 bridgehead atoms. The van der Waals surface area contributed by atoms with Gasteiger partial charge in [0.1, 0.15) is 11.6 Å². The lowest BCUT2D eigenvalue weighted by molar-refractivity contribution is 0.205. The van der Waals surface area contributed by atoms with E-state index in [4.69, 9.17) is 27.2 Å². The smallest absolute Gasteiger partial charge is 0.160 e. The molecule has 1 aromatic carbocycles. The van der Waals surface area contributed by atoms with Crippen LogP contribution in [0.3, 0.4) is 0 Å². The van der Waals surface area contributed by atoms with Crippen molar-refractivity contribution < 1.29 is 4.74 Å². The zero-order valence-electron chi connectivity index (χ0n) is 17.0. The summed E-state index contributed by atoms with van der Waals surface area (Å²) in [6, 6.07) is 7.91. The highest BCUT2D eigenvalue weighted by Crippen LogP contribution is 2.31. The summed E-state index contributed by atoms with van der Waals surface area (Å²) in [5.41, 5.74) is 11.0. The maximum atomic E-state index is 6.25. The summed E-state index contributed by atoms with van der Waals surface area (Å²) >= 11 is 6.18. The number of rotatable bonds is 8. The van der Waals surface area contributed by atoms with Gasteiger partial charge in [-0.25, -0.2) is 4.98 Å². The van der Waals surface area contributed by atoms with Gasteiger partial charge in [-0.2, -0.15) is 9.61 Å². The van der Waals surface area contributed by atoms with Gasteiger partial charge in [0.2, 0.25) is 0 Å². The quantitative estimate of drug-likeness (QED) is 0.607. The summed E-state index contributed by atoms with van der Waals surface area (Å²) < 4.78 is 7.21. The molecule has 2 N–H and O–H groups in total. The van der Waals surface area contributed by atoms with Gasteiger partial charge in [-0.3, -0.25) is 0 Å². The SMILES string of the molecule is CCCN(CCOC)c1c(C)c(N)nc2cc(-c3ccc(Cl)cc3CC)nn12. The molecule has 2 aromatic heterocycles. The van der Waals surface area contributed by atoms with Gasteiger partial charge in [0.15, 0.2) is 5.65 Å². The summed E-state index contributed by atoms with van der Waals surface area (Å²) in [7, 11) is 1.71. The molecule has 3 rings (SSSR count). The van der Waals surface area contributed by atoms with E-state index >= 15 is 0 Å². The molecule has 7 heteroatoms. The number of methoxy groups -OCH3 is 1. The van der Waals surface area contributed by atoms with Crippen molar-refractivity contribution in [3.05, 3.63) is 40.4 Å². The van der Waals surface area contributed by atoms with E-state index in [1.165, 1.54) is 0 Å². The van der Waals surface area contributed by atoms with Crippen LogP contribution in [0, 0.1) is 6.92 Å². The second-order valence-corrected chi connectivity index (χ2v) is 7.32.